The van der Waals surface area contributed by atoms with Crippen LogP contribution in [0.15, 0.2) is 16.3 Å². The highest BCUT2D eigenvalue weighted by molar-refractivity contribution is 7.99. The summed E-state index contributed by atoms with van der Waals surface area (Å²) in [7, 11) is 0. The lowest BCUT2D eigenvalue weighted by Gasteiger charge is -2.17. The first kappa shape index (κ1) is 15.1. The van der Waals surface area contributed by atoms with Gasteiger partial charge >= 0.3 is 0 Å². The zero-order chi connectivity index (χ0) is 15.0. The van der Waals surface area contributed by atoms with Crippen LogP contribution >= 0.6 is 34.7 Å². The van der Waals surface area contributed by atoms with Crippen molar-refractivity contribution in [1.82, 2.24) is 9.97 Å². The molecule has 0 saturated carbocycles. The molecule has 0 saturated heterocycles. The summed E-state index contributed by atoms with van der Waals surface area (Å²) in [6, 6.07) is 0. The quantitative estimate of drug-likeness (QED) is 0.654. The average Bonchev–Trinajstić information content (AvgIpc) is 2.75. The Morgan fingerprint density at radius 1 is 1.52 bits per heavy atom. The van der Waals surface area contributed by atoms with E-state index in [4.69, 9.17) is 17.3 Å². The molecular formula is C15H18ClN3S2. The molecule has 0 bridgehead atoms. The van der Waals surface area contributed by atoms with Gasteiger partial charge in [0.2, 0.25) is 0 Å². The lowest BCUT2D eigenvalue weighted by atomic mass is 9.89. The Labute approximate surface area is 138 Å². The monoisotopic (exact) mass is 339 g/mol. The van der Waals surface area contributed by atoms with Gasteiger partial charge in [-0.25, -0.2) is 9.97 Å². The Morgan fingerprint density at radius 2 is 2.33 bits per heavy atom. The van der Waals surface area contributed by atoms with Crippen molar-refractivity contribution >= 4 is 50.7 Å². The normalized spacial score (nSPS) is 19.0. The smallest absolute Gasteiger partial charge is 0.191 e. The molecule has 0 aromatic carbocycles. The van der Waals surface area contributed by atoms with E-state index in [0.29, 0.717) is 5.82 Å². The zero-order valence-corrected chi connectivity index (χ0v) is 14.5. The molecule has 0 spiro atoms. The number of rotatable bonds is 3. The molecule has 2 N–H and O–H groups in total. The summed E-state index contributed by atoms with van der Waals surface area (Å²) in [5.74, 6) is 2.15. The minimum absolute atomic E-state index is 0.626. The van der Waals surface area contributed by atoms with Crippen LogP contribution in [-0.4, -0.2) is 15.7 Å². The van der Waals surface area contributed by atoms with Gasteiger partial charge in [-0.05, 0) is 37.7 Å². The number of hydrogen-bond donors (Lipinski definition) is 1. The Kier molecular flexibility index (Phi) is 4.43. The van der Waals surface area contributed by atoms with Crippen molar-refractivity contribution < 1.29 is 0 Å². The van der Waals surface area contributed by atoms with E-state index in [9.17, 15) is 0 Å². The zero-order valence-electron chi connectivity index (χ0n) is 12.1. The summed E-state index contributed by atoms with van der Waals surface area (Å²) < 4.78 is 0. The topological polar surface area (TPSA) is 51.8 Å². The lowest BCUT2D eigenvalue weighted by molar-refractivity contribution is 0.509. The van der Waals surface area contributed by atoms with Gasteiger partial charge in [0.25, 0.3) is 0 Å². The second-order valence-electron chi connectivity index (χ2n) is 5.53. The van der Waals surface area contributed by atoms with Crippen LogP contribution in [0.2, 0.25) is 0 Å². The minimum atomic E-state index is 0.626. The molecule has 2 aromatic rings. The van der Waals surface area contributed by atoms with Crippen LogP contribution in [0.1, 0.15) is 30.7 Å². The first-order chi connectivity index (χ1) is 10.0. The predicted molar refractivity (Wildman–Crippen MR) is 93.4 cm³/mol. The van der Waals surface area contributed by atoms with Gasteiger partial charge in [0.05, 0.1) is 5.39 Å². The Bertz CT molecular complexity index is 704. The summed E-state index contributed by atoms with van der Waals surface area (Å²) in [5, 5.41) is 2.62. The van der Waals surface area contributed by atoms with Gasteiger partial charge in [0.15, 0.2) is 5.16 Å². The van der Waals surface area contributed by atoms with Crippen molar-refractivity contribution in [3.8, 4) is 0 Å². The van der Waals surface area contributed by atoms with Crippen LogP contribution < -0.4 is 5.73 Å². The molecule has 1 aliphatic carbocycles. The highest BCUT2D eigenvalue weighted by Gasteiger charge is 2.23. The van der Waals surface area contributed by atoms with Crippen molar-refractivity contribution in [2.24, 2.45) is 5.92 Å². The molecule has 0 radical (unpaired) electrons. The van der Waals surface area contributed by atoms with Crippen molar-refractivity contribution in [1.29, 1.82) is 0 Å². The maximum Gasteiger partial charge on any atom is 0.191 e. The van der Waals surface area contributed by atoms with Crippen molar-refractivity contribution in [2.75, 3.05) is 11.5 Å². The molecule has 3 nitrogen and oxygen atoms in total. The summed E-state index contributed by atoms with van der Waals surface area (Å²) in [4.78, 5) is 11.6. The predicted octanol–water partition coefficient (Wildman–Crippen LogP) is 4.63. The molecule has 21 heavy (non-hydrogen) atoms. The van der Waals surface area contributed by atoms with Gasteiger partial charge in [0, 0.05) is 15.7 Å². The number of hydrogen-bond acceptors (Lipinski definition) is 5. The van der Waals surface area contributed by atoms with Gasteiger partial charge in [-0.15, -0.1) is 11.3 Å². The second kappa shape index (κ2) is 6.15. The van der Waals surface area contributed by atoms with Gasteiger partial charge in [0.1, 0.15) is 10.6 Å². The Balaban J connectivity index is 1.95. The number of aryl methyl sites for hydroxylation is 1. The summed E-state index contributed by atoms with van der Waals surface area (Å²) in [6.45, 7) is 4.18. The van der Waals surface area contributed by atoms with Crippen LogP contribution in [0, 0.1) is 5.92 Å². The van der Waals surface area contributed by atoms with Crippen LogP contribution in [0.5, 0.6) is 0 Å². The van der Waals surface area contributed by atoms with Gasteiger partial charge in [-0.1, -0.05) is 36.4 Å². The number of nitrogen functional groups attached to an aromatic ring is 1. The lowest BCUT2D eigenvalue weighted by Crippen LogP contribution is -2.09. The molecule has 0 aliphatic heterocycles. The first-order valence-corrected chi connectivity index (χ1v) is 9.25. The molecule has 6 heteroatoms. The van der Waals surface area contributed by atoms with Crippen LogP contribution in [-0.2, 0) is 12.8 Å². The number of nitrogens with zero attached hydrogens (tertiary/aromatic N) is 2. The number of allylic oxidation sites excluding steroid dienone is 1. The van der Waals surface area contributed by atoms with E-state index in [-0.39, 0.29) is 0 Å². The number of fused-ring (bicyclic) bond motifs is 3. The molecule has 3 rings (SSSR count). The minimum Gasteiger partial charge on any atom is -0.383 e. The van der Waals surface area contributed by atoms with Crippen molar-refractivity contribution in [2.45, 2.75) is 38.3 Å². The molecule has 112 valence electrons. The van der Waals surface area contributed by atoms with Crippen LogP contribution in [0.25, 0.3) is 10.2 Å². The van der Waals surface area contributed by atoms with Crippen LogP contribution in [0.4, 0.5) is 5.82 Å². The third kappa shape index (κ3) is 3.20. The summed E-state index contributed by atoms with van der Waals surface area (Å²) >= 11 is 9.19. The average molecular weight is 340 g/mol. The fourth-order valence-corrected chi connectivity index (χ4v) is 5.06. The molecule has 0 fully saturated rings. The van der Waals surface area contributed by atoms with E-state index in [2.05, 4.69) is 16.9 Å². The van der Waals surface area contributed by atoms with E-state index >= 15 is 0 Å². The number of thioether (sulfide) groups is 1. The third-order valence-electron chi connectivity index (χ3n) is 3.74. The number of anilines is 1. The number of nitrogens with two attached hydrogens (primary N) is 1. The Morgan fingerprint density at radius 3 is 3.10 bits per heavy atom. The number of aromatic nitrogens is 2. The SMILES string of the molecule is C/C(Cl)=C/CSc1nc(N)c2c3c(sc2n1)C[C@@H](C)CC3. The standard InChI is InChI=1S/C15H18ClN3S2/c1-8-3-4-10-11(7-8)21-14-12(10)13(17)18-15(19-14)20-6-5-9(2)16/h5,8H,3-4,6-7H2,1-2H3,(H2,17,18,19)/b9-5-/t8-/m0/s1. The van der Waals surface area contributed by atoms with Crippen molar-refractivity contribution in [3.63, 3.8) is 0 Å². The fourth-order valence-electron chi connectivity index (χ4n) is 2.65. The van der Waals surface area contributed by atoms with Gasteiger partial charge in [-0.3, -0.25) is 0 Å². The molecule has 2 aromatic heterocycles. The second-order valence-corrected chi connectivity index (χ2v) is 8.19. The van der Waals surface area contributed by atoms with E-state index in [1.165, 1.54) is 16.9 Å². The molecular weight excluding hydrogens is 322 g/mol. The number of halogens is 1. The first-order valence-electron chi connectivity index (χ1n) is 7.07. The molecule has 0 amide bonds. The fraction of sp³-hybridized carbons (Fsp3) is 0.467. The van der Waals surface area contributed by atoms with Crippen molar-refractivity contribution in [3.05, 3.63) is 21.5 Å². The van der Waals surface area contributed by atoms with Gasteiger partial charge < -0.3 is 5.73 Å². The van der Waals surface area contributed by atoms with E-state index < -0.39 is 0 Å². The highest BCUT2D eigenvalue weighted by atomic mass is 35.5. The largest absolute Gasteiger partial charge is 0.383 e. The Hall–Kier alpha value is -0.780. The summed E-state index contributed by atoms with van der Waals surface area (Å²) in [6.07, 6.45) is 5.43. The molecule has 1 aliphatic rings. The van der Waals surface area contributed by atoms with E-state index in [1.54, 1.807) is 23.1 Å². The molecule has 2 heterocycles. The molecule has 1 atom stereocenters. The van der Waals surface area contributed by atoms with Gasteiger partial charge in [-0.2, -0.15) is 0 Å². The molecule has 0 unspecified atom stereocenters. The van der Waals surface area contributed by atoms with E-state index in [1.807, 2.05) is 13.0 Å². The number of thiophene rings is 1. The summed E-state index contributed by atoms with van der Waals surface area (Å²) in [5.41, 5.74) is 7.58. The third-order valence-corrected chi connectivity index (χ3v) is 5.82. The maximum absolute atomic E-state index is 6.19. The van der Waals surface area contributed by atoms with Crippen LogP contribution in [0.3, 0.4) is 0 Å². The maximum atomic E-state index is 6.19. The van der Waals surface area contributed by atoms with E-state index in [0.717, 1.165) is 44.9 Å². The highest BCUT2D eigenvalue weighted by Crippen LogP contribution is 2.39.